The number of rotatable bonds is 7. The Bertz CT molecular complexity index is 1340. The third kappa shape index (κ3) is 6.00. The van der Waals surface area contributed by atoms with Crippen LogP contribution in [-0.4, -0.2) is 89.1 Å². The van der Waals surface area contributed by atoms with E-state index < -0.39 is 0 Å². The Morgan fingerprint density at radius 2 is 1.44 bits per heavy atom. The highest BCUT2D eigenvalue weighted by Crippen LogP contribution is 2.34. The van der Waals surface area contributed by atoms with Crippen LogP contribution >= 0.6 is 0 Å². The zero-order valence-electron chi connectivity index (χ0n) is 23.1. The number of anilines is 2. The maximum atomic E-state index is 15.1. The Morgan fingerprint density at radius 1 is 0.795 bits per heavy atom. The Labute approximate surface area is 230 Å². The highest BCUT2D eigenvalue weighted by molar-refractivity contribution is 6.11. The van der Waals surface area contributed by atoms with E-state index >= 15 is 4.39 Å². The third-order valence-corrected chi connectivity index (χ3v) is 7.80. The van der Waals surface area contributed by atoms with Gasteiger partial charge in [0, 0.05) is 80.4 Å². The summed E-state index contributed by atoms with van der Waals surface area (Å²) in [6.45, 7) is 7.03. The molecule has 204 valence electrons. The summed E-state index contributed by atoms with van der Waals surface area (Å²) in [4.78, 5) is 22.9. The first-order valence-corrected chi connectivity index (χ1v) is 13.6. The van der Waals surface area contributed by atoms with Crippen LogP contribution < -0.4 is 14.5 Å². The van der Waals surface area contributed by atoms with E-state index in [2.05, 4.69) is 33.7 Å². The number of allylic oxidation sites excluding steroid dienone is 1. The van der Waals surface area contributed by atoms with E-state index in [0.717, 1.165) is 80.6 Å². The molecule has 2 aliphatic heterocycles. The van der Waals surface area contributed by atoms with Crippen molar-refractivity contribution >= 4 is 23.2 Å². The molecule has 5 rings (SSSR count). The summed E-state index contributed by atoms with van der Waals surface area (Å²) < 4.78 is 20.7. The maximum Gasteiger partial charge on any atom is 0.187 e. The van der Waals surface area contributed by atoms with Crippen LogP contribution in [0.5, 0.6) is 5.75 Å². The van der Waals surface area contributed by atoms with Crippen LogP contribution in [0.3, 0.4) is 0 Å². The molecule has 3 aromatic rings. The molecule has 0 atom stereocenters. The number of ether oxygens (including phenoxy) is 1. The molecular formula is C32H37FN4O2. The number of methoxy groups -OCH3 is 1. The van der Waals surface area contributed by atoms with Crippen LogP contribution in [0.4, 0.5) is 15.8 Å². The van der Waals surface area contributed by atoms with Gasteiger partial charge in [-0.1, -0.05) is 30.3 Å². The number of para-hydroxylation sites is 1. The molecule has 2 saturated heterocycles. The van der Waals surface area contributed by atoms with Gasteiger partial charge in [0.1, 0.15) is 11.6 Å². The number of nitrogens with zero attached hydrogens (tertiary/aromatic N) is 4. The second-order valence-corrected chi connectivity index (χ2v) is 10.4. The first kappa shape index (κ1) is 26.9. The molecule has 0 bridgehead atoms. The molecule has 0 amide bonds. The lowest BCUT2D eigenvalue weighted by atomic mass is 9.97. The lowest BCUT2D eigenvalue weighted by Crippen LogP contribution is -2.45. The minimum Gasteiger partial charge on any atom is -0.496 e. The summed E-state index contributed by atoms with van der Waals surface area (Å²) >= 11 is 0. The van der Waals surface area contributed by atoms with Crippen molar-refractivity contribution in [1.82, 2.24) is 9.80 Å². The Kier molecular flexibility index (Phi) is 8.29. The number of hydrogen-bond donors (Lipinski definition) is 0. The number of carbonyl (C=O) groups is 1. The summed E-state index contributed by atoms with van der Waals surface area (Å²) in [6, 6.07) is 19.0. The Morgan fingerprint density at radius 3 is 2.10 bits per heavy atom. The van der Waals surface area contributed by atoms with Crippen LogP contribution in [0.25, 0.3) is 17.2 Å². The van der Waals surface area contributed by atoms with E-state index in [4.69, 9.17) is 4.74 Å². The van der Waals surface area contributed by atoms with Crippen LogP contribution in [0, 0.1) is 5.82 Å². The van der Waals surface area contributed by atoms with Crippen LogP contribution in [0.15, 0.2) is 66.7 Å². The smallest absolute Gasteiger partial charge is 0.187 e. The molecule has 0 N–H and O–H groups in total. The van der Waals surface area contributed by atoms with Crippen molar-refractivity contribution in [1.29, 1.82) is 0 Å². The van der Waals surface area contributed by atoms with Gasteiger partial charge in [0.15, 0.2) is 5.78 Å². The minimum atomic E-state index is -0.322. The number of hydrogen-bond acceptors (Lipinski definition) is 6. The van der Waals surface area contributed by atoms with Crippen LogP contribution in [-0.2, 0) is 0 Å². The summed E-state index contributed by atoms with van der Waals surface area (Å²) in [5, 5.41) is 0. The third-order valence-electron chi connectivity index (χ3n) is 7.80. The SMILES string of the molecule is COc1ccccc1-c1ccc(N2CCN(C)CC2)c(C(=O)/C=C/c2c(F)cccc2N2CCN(C)CC2)c1. The summed E-state index contributed by atoms with van der Waals surface area (Å²) in [5.41, 5.74) is 4.63. The predicted octanol–water partition coefficient (Wildman–Crippen LogP) is 4.90. The van der Waals surface area contributed by atoms with Gasteiger partial charge in [-0.2, -0.15) is 0 Å². The quantitative estimate of drug-likeness (QED) is 0.321. The van der Waals surface area contributed by atoms with E-state index in [1.807, 2.05) is 48.5 Å². The molecule has 2 heterocycles. The van der Waals surface area contributed by atoms with E-state index in [1.165, 1.54) is 12.1 Å². The van der Waals surface area contributed by atoms with Gasteiger partial charge in [-0.3, -0.25) is 4.79 Å². The zero-order chi connectivity index (χ0) is 27.4. The lowest BCUT2D eigenvalue weighted by Gasteiger charge is -2.35. The molecule has 0 aliphatic carbocycles. The van der Waals surface area contributed by atoms with Crippen molar-refractivity contribution < 1.29 is 13.9 Å². The molecule has 39 heavy (non-hydrogen) atoms. The van der Waals surface area contributed by atoms with Gasteiger partial charge in [-0.25, -0.2) is 4.39 Å². The molecule has 0 saturated carbocycles. The fourth-order valence-electron chi connectivity index (χ4n) is 5.37. The maximum absolute atomic E-state index is 15.1. The molecule has 2 aliphatic rings. The predicted molar refractivity (Wildman–Crippen MR) is 158 cm³/mol. The van der Waals surface area contributed by atoms with Gasteiger partial charge in [0.2, 0.25) is 0 Å². The number of piperazine rings is 2. The number of carbonyl (C=O) groups excluding carboxylic acids is 1. The summed E-state index contributed by atoms with van der Waals surface area (Å²) in [7, 11) is 5.86. The first-order valence-electron chi connectivity index (χ1n) is 13.6. The molecule has 3 aromatic carbocycles. The van der Waals surface area contributed by atoms with Gasteiger partial charge >= 0.3 is 0 Å². The largest absolute Gasteiger partial charge is 0.496 e. The second-order valence-electron chi connectivity index (χ2n) is 10.4. The number of ketones is 1. The van der Waals surface area contributed by atoms with Crippen molar-refractivity contribution in [2.75, 3.05) is 83.4 Å². The average molecular weight is 529 g/mol. The summed E-state index contributed by atoms with van der Waals surface area (Å²) in [5.74, 6) is 0.285. The van der Waals surface area contributed by atoms with Gasteiger partial charge in [0.25, 0.3) is 0 Å². The van der Waals surface area contributed by atoms with E-state index in [9.17, 15) is 4.79 Å². The first-order chi connectivity index (χ1) is 18.9. The van der Waals surface area contributed by atoms with Gasteiger partial charge in [-0.15, -0.1) is 0 Å². The fourth-order valence-corrected chi connectivity index (χ4v) is 5.37. The van der Waals surface area contributed by atoms with E-state index in [1.54, 1.807) is 19.3 Å². The fraction of sp³-hybridized carbons (Fsp3) is 0.344. The normalized spacial score (nSPS) is 17.1. The highest BCUT2D eigenvalue weighted by Gasteiger charge is 2.22. The molecule has 7 heteroatoms. The molecule has 0 radical (unpaired) electrons. The molecule has 0 aromatic heterocycles. The number of halogens is 1. The second kappa shape index (κ2) is 12.0. The number of benzene rings is 3. The van der Waals surface area contributed by atoms with Crippen molar-refractivity contribution in [2.45, 2.75) is 0 Å². The van der Waals surface area contributed by atoms with Crippen molar-refractivity contribution in [3.8, 4) is 16.9 Å². The Balaban J connectivity index is 1.51. The minimum absolute atomic E-state index is 0.145. The van der Waals surface area contributed by atoms with Crippen LogP contribution in [0.1, 0.15) is 15.9 Å². The van der Waals surface area contributed by atoms with Gasteiger partial charge < -0.3 is 24.3 Å². The average Bonchev–Trinajstić information content (AvgIpc) is 2.97. The molecule has 6 nitrogen and oxygen atoms in total. The van der Waals surface area contributed by atoms with Gasteiger partial charge in [0.05, 0.1) is 7.11 Å². The zero-order valence-corrected chi connectivity index (χ0v) is 23.1. The van der Waals surface area contributed by atoms with Crippen LogP contribution in [0.2, 0.25) is 0 Å². The monoisotopic (exact) mass is 528 g/mol. The van der Waals surface area contributed by atoms with E-state index in [-0.39, 0.29) is 11.6 Å². The molecular weight excluding hydrogens is 491 g/mol. The highest BCUT2D eigenvalue weighted by atomic mass is 19.1. The molecule has 0 spiro atoms. The summed E-state index contributed by atoms with van der Waals surface area (Å²) in [6.07, 6.45) is 3.17. The molecule has 0 unspecified atom stereocenters. The van der Waals surface area contributed by atoms with Crippen molar-refractivity contribution in [2.24, 2.45) is 0 Å². The van der Waals surface area contributed by atoms with Crippen molar-refractivity contribution in [3.63, 3.8) is 0 Å². The van der Waals surface area contributed by atoms with E-state index in [0.29, 0.717) is 11.1 Å². The molecule has 2 fully saturated rings. The standard InChI is InChI=1S/C32H37FN4O2/c1-34-15-19-36(20-16-34)29-9-6-8-28(33)26(29)12-14-31(38)27-23-24(25-7-4-5-10-32(25)39-3)11-13-30(27)37-21-17-35(2)18-22-37/h4-14,23H,15-22H2,1-3H3/b14-12+. The number of likely N-dealkylation sites (N-methyl/N-ethyl adjacent to an activating group) is 2. The van der Waals surface area contributed by atoms with Crippen molar-refractivity contribution in [3.05, 3.63) is 83.7 Å². The Hall–Kier alpha value is -3.68. The lowest BCUT2D eigenvalue weighted by molar-refractivity contribution is 0.104. The van der Waals surface area contributed by atoms with Gasteiger partial charge in [-0.05, 0) is 62.1 Å². The topological polar surface area (TPSA) is 39.3 Å².